The Morgan fingerprint density at radius 1 is 1.03 bits per heavy atom. The molecule has 8 heteroatoms. The van der Waals surface area contributed by atoms with Crippen molar-refractivity contribution < 1.29 is 4.79 Å². The molecule has 33 heavy (non-hydrogen) atoms. The summed E-state index contributed by atoms with van der Waals surface area (Å²) < 4.78 is 1.94. The molecule has 0 bridgehead atoms. The topological polar surface area (TPSA) is 72.2 Å². The molecule has 3 aromatic carbocycles. The Kier molecular flexibility index (Phi) is 7.22. The molecule has 1 amide bonds. The van der Waals surface area contributed by atoms with Crippen molar-refractivity contribution in [2.75, 3.05) is 5.75 Å². The lowest BCUT2D eigenvalue weighted by atomic mass is 10.2. The average molecular weight is 476 g/mol. The van der Waals surface area contributed by atoms with E-state index in [9.17, 15) is 4.79 Å². The van der Waals surface area contributed by atoms with Gasteiger partial charge in [-0.05, 0) is 55.8 Å². The molecular formula is C25H22ClN5OS. The summed E-state index contributed by atoms with van der Waals surface area (Å²) in [6.45, 7) is 4.04. The molecule has 0 saturated heterocycles. The minimum atomic E-state index is -0.226. The van der Waals surface area contributed by atoms with Gasteiger partial charge in [-0.25, -0.2) is 5.43 Å². The molecule has 0 spiro atoms. The van der Waals surface area contributed by atoms with Gasteiger partial charge < -0.3 is 0 Å². The quantitative estimate of drug-likeness (QED) is 0.219. The molecule has 0 aliphatic carbocycles. The predicted molar refractivity (Wildman–Crippen MR) is 134 cm³/mol. The number of hydrogen-bond acceptors (Lipinski definition) is 5. The van der Waals surface area contributed by atoms with E-state index in [1.165, 1.54) is 11.8 Å². The first-order chi connectivity index (χ1) is 16.0. The van der Waals surface area contributed by atoms with E-state index in [2.05, 4.69) is 20.7 Å². The van der Waals surface area contributed by atoms with E-state index in [-0.39, 0.29) is 11.7 Å². The molecule has 6 nitrogen and oxygen atoms in total. The van der Waals surface area contributed by atoms with Crippen molar-refractivity contribution in [2.45, 2.75) is 19.0 Å². The van der Waals surface area contributed by atoms with Crippen LogP contribution in [0.3, 0.4) is 0 Å². The van der Waals surface area contributed by atoms with Crippen LogP contribution in [-0.2, 0) is 4.79 Å². The Balaban J connectivity index is 1.51. The SMILES string of the molecule is Cc1ccc(-n2c(SCC(=O)N/N=C/c3cccc(C)c3)nnc2-c2ccc(Cl)cc2)cc1. The van der Waals surface area contributed by atoms with Crippen molar-refractivity contribution >= 4 is 35.5 Å². The standard InChI is InChI=1S/C25H22ClN5OS/c1-17-6-12-22(13-7-17)31-24(20-8-10-21(26)11-9-20)29-30-25(31)33-16-23(32)28-27-15-19-5-3-4-18(2)14-19/h3-15H,16H2,1-2H3,(H,28,32)/b27-15+. The molecule has 0 aliphatic heterocycles. The lowest BCUT2D eigenvalue weighted by Crippen LogP contribution is -2.20. The second kappa shape index (κ2) is 10.5. The molecule has 1 N–H and O–H groups in total. The number of benzene rings is 3. The molecule has 1 aromatic heterocycles. The van der Waals surface area contributed by atoms with E-state index in [4.69, 9.17) is 11.6 Å². The van der Waals surface area contributed by atoms with E-state index >= 15 is 0 Å². The number of halogens is 1. The number of nitrogens with one attached hydrogen (secondary N) is 1. The molecule has 4 rings (SSSR count). The molecule has 0 atom stereocenters. The van der Waals surface area contributed by atoms with Crippen molar-refractivity contribution in [3.8, 4) is 17.1 Å². The van der Waals surface area contributed by atoms with Crippen molar-refractivity contribution in [3.63, 3.8) is 0 Å². The van der Waals surface area contributed by atoms with Crippen molar-refractivity contribution in [1.82, 2.24) is 20.2 Å². The van der Waals surface area contributed by atoms with Crippen molar-refractivity contribution in [3.05, 3.63) is 94.5 Å². The second-order valence-corrected chi connectivity index (χ2v) is 8.86. The van der Waals surface area contributed by atoms with E-state index in [0.29, 0.717) is 16.0 Å². The highest BCUT2D eigenvalue weighted by Gasteiger charge is 2.17. The molecule has 4 aromatic rings. The number of aromatic nitrogens is 3. The monoisotopic (exact) mass is 475 g/mol. The van der Waals surface area contributed by atoms with Gasteiger partial charge >= 0.3 is 0 Å². The third-order valence-electron chi connectivity index (χ3n) is 4.81. The summed E-state index contributed by atoms with van der Waals surface area (Å²) in [6.07, 6.45) is 1.63. The summed E-state index contributed by atoms with van der Waals surface area (Å²) in [5, 5.41) is 14.1. The number of nitrogens with zero attached hydrogens (tertiary/aromatic N) is 4. The molecule has 1 heterocycles. The number of rotatable bonds is 7. The maximum absolute atomic E-state index is 12.4. The summed E-state index contributed by atoms with van der Waals surface area (Å²) in [5.74, 6) is 0.599. The fraction of sp³-hybridized carbons (Fsp3) is 0.120. The average Bonchev–Trinajstić information content (AvgIpc) is 3.23. The zero-order valence-corrected chi connectivity index (χ0v) is 19.8. The molecule has 166 valence electrons. The number of aryl methyl sites for hydroxylation is 2. The second-order valence-electron chi connectivity index (χ2n) is 7.48. The van der Waals surface area contributed by atoms with Gasteiger partial charge in [0.1, 0.15) is 0 Å². The van der Waals surface area contributed by atoms with Gasteiger partial charge in [-0.15, -0.1) is 10.2 Å². The zero-order valence-electron chi connectivity index (χ0n) is 18.2. The van der Waals surface area contributed by atoms with Crippen molar-refractivity contribution in [2.24, 2.45) is 5.10 Å². The normalized spacial score (nSPS) is 11.1. The van der Waals surface area contributed by atoms with E-state index in [0.717, 1.165) is 27.9 Å². The van der Waals surface area contributed by atoms with Crippen LogP contribution in [0.25, 0.3) is 17.1 Å². The van der Waals surface area contributed by atoms with Crippen LogP contribution in [0.2, 0.25) is 5.02 Å². The fourth-order valence-corrected chi connectivity index (χ4v) is 4.04. The van der Waals surface area contributed by atoms with E-state index < -0.39 is 0 Å². The number of hydrazone groups is 1. The zero-order chi connectivity index (χ0) is 23.2. The summed E-state index contributed by atoms with van der Waals surface area (Å²) in [7, 11) is 0. The van der Waals surface area contributed by atoms with Gasteiger partial charge in [0.2, 0.25) is 0 Å². The van der Waals surface area contributed by atoms with Gasteiger partial charge in [0, 0.05) is 16.3 Å². The Labute approximate surface area is 201 Å². The van der Waals surface area contributed by atoms with Gasteiger partial charge in [-0.3, -0.25) is 9.36 Å². The van der Waals surface area contributed by atoms with Gasteiger partial charge in [-0.1, -0.05) is 70.9 Å². The third-order valence-corrected chi connectivity index (χ3v) is 5.99. The number of carbonyl (C=O) groups is 1. The highest BCUT2D eigenvalue weighted by molar-refractivity contribution is 7.99. The lowest BCUT2D eigenvalue weighted by molar-refractivity contribution is -0.118. The molecule has 0 aliphatic rings. The van der Waals surface area contributed by atoms with Gasteiger partial charge in [0.25, 0.3) is 5.91 Å². The molecule has 0 unspecified atom stereocenters. The summed E-state index contributed by atoms with van der Waals surface area (Å²) in [4.78, 5) is 12.4. The Bertz CT molecular complexity index is 1280. The van der Waals surface area contributed by atoms with Crippen LogP contribution in [0.5, 0.6) is 0 Å². The van der Waals surface area contributed by atoms with E-state index in [1.807, 2.05) is 91.2 Å². The lowest BCUT2D eigenvalue weighted by Gasteiger charge is -2.10. The predicted octanol–water partition coefficient (Wildman–Crippen LogP) is 5.45. The van der Waals surface area contributed by atoms with E-state index in [1.54, 1.807) is 6.21 Å². The smallest absolute Gasteiger partial charge is 0.250 e. The Hall–Kier alpha value is -3.42. The van der Waals surface area contributed by atoms with Crippen LogP contribution in [0.1, 0.15) is 16.7 Å². The first kappa shape index (κ1) is 22.8. The van der Waals surface area contributed by atoms with Crippen LogP contribution in [-0.4, -0.2) is 32.6 Å². The number of hydrogen-bond donors (Lipinski definition) is 1. The largest absolute Gasteiger partial charge is 0.272 e. The highest BCUT2D eigenvalue weighted by atomic mass is 35.5. The summed E-state index contributed by atoms with van der Waals surface area (Å²) >= 11 is 7.35. The summed E-state index contributed by atoms with van der Waals surface area (Å²) in [5.41, 5.74) is 7.57. The van der Waals surface area contributed by atoms with Gasteiger partial charge in [-0.2, -0.15) is 5.10 Å². The Morgan fingerprint density at radius 2 is 1.79 bits per heavy atom. The number of thioether (sulfide) groups is 1. The molecule has 0 fully saturated rings. The highest BCUT2D eigenvalue weighted by Crippen LogP contribution is 2.28. The van der Waals surface area contributed by atoms with Crippen LogP contribution in [0, 0.1) is 13.8 Å². The number of amides is 1. The Morgan fingerprint density at radius 3 is 2.52 bits per heavy atom. The fourth-order valence-electron chi connectivity index (χ4n) is 3.17. The van der Waals surface area contributed by atoms with Crippen molar-refractivity contribution in [1.29, 1.82) is 0 Å². The first-order valence-corrected chi connectivity index (χ1v) is 11.7. The minimum absolute atomic E-state index is 0.149. The first-order valence-electron chi connectivity index (χ1n) is 10.3. The summed E-state index contributed by atoms with van der Waals surface area (Å²) in [6, 6.07) is 23.4. The van der Waals surface area contributed by atoms with Crippen LogP contribution in [0.15, 0.2) is 83.1 Å². The van der Waals surface area contributed by atoms with Crippen LogP contribution in [0.4, 0.5) is 0 Å². The van der Waals surface area contributed by atoms with Crippen LogP contribution >= 0.6 is 23.4 Å². The van der Waals surface area contributed by atoms with Crippen LogP contribution < -0.4 is 5.43 Å². The minimum Gasteiger partial charge on any atom is -0.272 e. The molecule has 0 saturated carbocycles. The van der Waals surface area contributed by atoms with Gasteiger partial charge in [0.15, 0.2) is 11.0 Å². The number of carbonyl (C=O) groups excluding carboxylic acids is 1. The maximum atomic E-state index is 12.4. The molecule has 0 radical (unpaired) electrons. The maximum Gasteiger partial charge on any atom is 0.250 e. The molecular weight excluding hydrogens is 454 g/mol. The third kappa shape index (κ3) is 5.88. The van der Waals surface area contributed by atoms with Gasteiger partial charge in [0.05, 0.1) is 12.0 Å².